The molecule has 1 aromatic rings. The quantitative estimate of drug-likeness (QED) is 0.886. The van der Waals surface area contributed by atoms with Gasteiger partial charge in [-0.15, -0.1) is 0 Å². The van der Waals surface area contributed by atoms with E-state index in [0.717, 1.165) is 32.2 Å². The third-order valence-corrected chi connectivity index (χ3v) is 5.01. The number of amides is 1. The number of sulfone groups is 1. The standard InChI is InChI=1S/C14H19ClN2O3S/c1-21(19,20)11-2-3-12(15)13(9-11)17-14(18)8-10-4-6-16-7-5-10/h2-3,9-10,16H,4-8H2,1H3,(H,17,18). The van der Waals surface area contributed by atoms with E-state index in [1.54, 1.807) is 0 Å². The van der Waals surface area contributed by atoms with E-state index in [2.05, 4.69) is 10.6 Å². The fourth-order valence-electron chi connectivity index (χ4n) is 2.38. The second-order valence-electron chi connectivity index (χ2n) is 5.36. The molecule has 0 bridgehead atoms. The predicted molar refractivity (Wildman–Crippen MR) is 83.4 cm³/mol. The summed E-state index contributed by atoms with van der Waals surface area (Å²) in [5.41, 5.74) is 0.346. The van der Waals surface area contributed by atoms with Gasteiger partial charge in [0.25, 0.3) is 0 Å². The number of benzene rings is 1. The van der Waals surface area contributed by atoms with E-state index in [4.69, 9.17) is 11.6 Å². The number of anilines is 1. The first kappa shape index (κ1) is 16.3. The van der Waals surface area contributed by atoms with Crippen molar-refractivity contribution in [2.24, 2.45) is 5.92 Å². The first-order chi connectivity index (χ1) is 9.86. The molecule has 0 saturated carbocycles. The molecule has 1 aromatic carbocycles. The molecular weight excluding hydrogens is 312 g/mol. The van der Waals surface area contributed by atoms with Gasteiger partial charge in [0, 0.05) is 12.7 Å². The normalized spacial score (nSPS) is 16.7. The summed E-state index contributed by atoms with van der Waals surface area (Å²) in [6.45, 7) is 1.87. The molecule has 1 saturated heterocycles. The third kappa shape index (κ3) is 4.69. The smallest absolute Gasteiger partial charge is 0.224 e. The van der Waals surface area contributed by atoms with Crippen LogP contribution in [0.1, 0.15) is 19.3 Å². The lowest BCUT2D eigenvalue weighted by Crippen LogP contribution is -2.30. The van der Waals surface area contributed by atoms with E-state index in [-0.39, 0.29) is 10.8 Å². The first-order valence-corrected chi connectivity index (χ1v) is 9.13. The second-order valence-corrected chi connectivity index (χ2v) is 7.78. The van der Waals surface area contributed by atoms with Crippen molar-refractivity contribution < 1.29 is 13.2 Å². The molecule has 1 aliphatic rings. The van der Waals surface area contributed by atoms with Gasteiger partial charge in [-0.1, -0.05) is 11.6 Å². The molecule has 0 aromatic heterocycles. The number of hydrogen-bond donors (Lipinski definition) is 2. The highest BCUT2D eigenvalue weighted by Gasteiger charge is 2.18. The van der Waals surface area contributed by atoms with Crippen LogP contribution in [0.5, 0.6) is 0 Å². The summed E-state index contributed by atoms with van der Waals surface area (Å²) in [6, 6.07) is 4.32. The minimum Gasteiger partial charge on any atom is -0.325 e. The molecule has 1 amide bonds. The highest BCUT2D eigenvalue weighted by Crippen LogP contribution is 2.26. The largest absolute Gasteiger partial charge is 0.325 e. The summed E-state index contributed by atoms with van der Waals surface area (Å²) >= 11 is 6.01. The van der Waals surface area contributed by atoms with Gasteiger partial charge in [0.1, 0.15) is 0 Å². The van der Waals surface area contributed by atoms with E-state index < -0.39 is 9.84 Å². The zero-order chi connectivity index (χ0) is 15.5. The van der Waals surface area contributed by atoms with Gasteiger partial charge in [0.05, 0.1) is 15.6 Å². The van der Waals surface area contributed by atoms with Gasteiger partial charge < -0.3 is 10.6 Å². The van der Waals surface area contributed by atoms with Gasteiger partial charge in [0.2, 0.25) is 5.91 Å². The summed E-state index contributed by atoms with van der Waals surface area (Å²) in [5.74, 6) is 0.234. The Morgan fingerprint density at radius 2 is 2.05 bits per heavy atom. The van der Waals surface area contributed by atoms with E-state index in [1.165, 1.54) is 18.2 Å². The Morgan fingerprint density at radius 3 is 2.67 bits per heavy atom. The molecule has 7 heteroatoms. The van der Waals surface area contributed by atoms with Crippen molar-refractivity contribution in [1.82, 2.24) is 5.32 Å². The van der Waals surface area contributed by atoms with Crippen LogP contribution in [0.4, 0.5) is 5.69 Å². The van der Waals surface area contributed by atoms with Crippen molar-refractivity contribution >= 4 is 33.0 Å². The molecule has 0 radical (unpaired) electrons. The molecule has 21 heavy (non-hydrogen) atoms. The van der Waals surface area contributed by atoms with Crippen LogP contribution in [-0.4, -0.2) is 33.7 Å². The van der Waals surface area contributed by atoms with Crippen LogP contribution >= 0.6 is 11.6 Å². The SMILES string of the molecule is CS(=O)(=O)c1ccc(Cl)c(NC(=O)CC2CCNCC2)c1. The molecular formula is C14H19ClN2O3S. The van der Waals surface area contributed by atoms with Gasteiger partial charge in [0.15, 0.2) is 9.84 Å². The van der Waals surface area contributed by atoms with Crippen molar-refractivity contribution in [2.45, 2.75) is 24.2 Å². The molecule has 0 unspecified atom stereocenters. The van der Waals surface area contributed by atoms with Gasteiger partial charge in [-0.25, -0.2) is 8.42 Å². The van der Waals surface area contributed by atoms with Crippen molar-refractivity contribution in [3.8, 4) is 0 Å². The Labute approximate surface area is 130 Å². The Kier molecular flexibility index (Phi) is 5.24. The number of halogens is 1. The molecule has 1 heterocycles. The Balaban J connectivity index is 2.06. The molecule has 116 valence electrons. The number of piperidine rings is 1. The van der Waals surface area contributed by atoms with Crippen LogP contribution in [0.15, 0.2) is 23.1 Å². The van der Waals surface area contributed by atoms with Crippen LogP contribution < -0.4 is 10.6 Å². The van der Waals surface area contributed by atoms with Gasteiger partial charge in [-0.05, 0) is 50.0 Å². The zero-order valence-electron chi connectivity index (χ0n) is 11.9. The van der Waals surface area contributed by atoms with Gasteiger partial charge >= 0.3 is 0 Å². The summed E-state index contributed by atoms with van der Waals surface area (Å²) < 4.78 is 23.1. The minimum atomic E-state index is -3.32. The zero-order valence-corrected chi connectivity index (χ0v) is 13.4. The highest BCUT2D eigenvalue weighted by molar-refractivity contribution is 7.90. The molecule has 5 nitrogen and oxygen atoms in total. The van der Waals surface area contributed by atoms with Crippen LogP contribution in [0, 0.1) is 5.92 Å². The maximum Gasteiger partial charge on any atom is 0.224 e. The summed E-state index contributed by atoms with van der Waals surface area (Å²) in [6.07, 6.45) is 3.51. The van der Waals surface area contributed by atoms with Gasteiger partial charge in [-0.2, -0.15) is 0 Å². The third-order valence-electron chi connectivity index (χ3n) is 3.57. The molecule has 0 spiro atoms. The molecule has 2 rings (SSSR count). The summed E-state index contributed by atoms with van der Waals surface area (Å²) in [7, 11) is -3.32. The monoisotopic (exact) mass is 330 g/mol. The molecule has 0 atom stereocenters. The Morgan fingerprint density at radius 1 is 1.38 bits per heavy atom. The van der Waals surface area contributed by atoms with E-state index >= 15 is 0 Å². The van der Waals surface area contributed by atoms with Crippen molar-refractivity contribution in [2.75, 3.05) is 24.7 Å². The molecule has 2 N–H and O–H groups in total. The predicted octanol–water partition coefficient (Wildman–Crippen LogP) is 2.07. The number of hydrogen-bond acceptors (Lipinski definition) is 4. The van der Waals surface area contributed by atoms with Crippen molar-refractivity contribution in [3.05, 3.63) is 23.2 Å². The number of carbonyl (C=O) groups is 1. The van der Waals surface area contributed by atoms with E-state index in [1.807, 2.05) is 0 Å². The van der Waals surface area contributed by atoms with Crippen LogP contribution in [0.2, 0.25) is 5.02 Å². The molecule has 1 aliphatic heterocycles. The lowest BCUT2D eigenvalue weighted by atomic mass is 9.94. The second kappa shape index (κ2) is 6.77. The number of carbonyl (C=O) groups excluding carboxylic acids is 1. The minimum absolute atomic E-state index is 0.130. The number of nitrogens with one attached hydrogen (secondary N) is 2. The van der Waals surface area contributed by atoms with Crippen LogP contribution in [0.3, 0.4) is 0 Å². The van der Waals surface area contributed by atoms with E-state index in [0.29, 0.717) is 23.0 Å². The topological polar surface area (TPSA) is 75.3 Å². The fourth-order valence-corrected chi connectivity index (χ4v) is 3.19. The maximum atomic E-state index is 12.1. The van der Waals surface area contributed by atoms with Crippen molar-refractivity contribution in [3.63, 3.8) is 0 Å². The average molecular weight is 331 g/mol. The maximum absolute atomic E-state index is 12.1. The summed E-state index contributed by atoms with van der Waals surface area (Å²) in [4.78, 5) is 12.2. The van der Waals surface area contributed by atoms with Crippen molar-refractivity contribution in [1.29, 1.82) is 0 Å². The Hall–Kier alpha value is -1.11. The van der Waals surface area contributed by atoms with E-state index in [9.17, 15) is 13.2 Å². The van der Waals surface area contributed by atoms with Crippen LogP contribution in [-0.2, 0) is 14.6 Å². The lowest BCUT2D eigenvalue weighted by Gasteiger charge is -2.22. The highest BCUT2D eigenvalue weighted by atomic mass is 35.5. The average Bonchev–Trinajstić information content (AvgIpc) is 2.41. The number of rotatable bonds is 4. The fraction of sp³-hybridized carbons (Fsp3) is 0.500. The molecule has 0 aliphatic carbocycles. The Bertz CT molecular complexity index is 625. The summed E-state index contributed by atoms with van der Waals surface area (Å²) in [5, 5.41) is 6.30. The van der Waals surface area contributed by atoms with Crippen LogP contribution in [0.25, 0.3) is 0 Å². The lowest BCUT2D eigenvalue weighted by molar-refractivity contribution is -0.117. The van der Waals surface area contributed by atoms with Gasteiger partial charge in [-0.3, -0.25) is 4.79 Å². The first-order valence-electron chi connectivity index (χ1n) is 6.86. The molecule has 1 fully saturated rings.